The van der Waals surface area contributed by atoms with E-state index in [4.69, 9.17) is 27.6 Å². The quantitative estimate of drug-likeness (QED) is 0.379. The van der Waals surface area contributed by atoms with Crippen molar-refractivity contribution < 1.29 is 14.0 Å². The number of carbonyl (C=O) groups is 2. The molecule has 0 saturated heterocycles. The van der Waals surface area contributed by atoms with E-state index >= 15 is 0 Å². The van der Waals surface area contributed by atoms with Gasteiger partial charge in [0.15, 0.2) is 0 Å². The number of rotatable bonds is 4. The maximum atomic E-state index is 13.2. The third-order valence-corrected chi connectivity index (χ3v) is 5.55. The number of pyridine rings is 1. The molecule has 0 spiro atoms. The normalized spacial score (nSPS) is 15.4. The fourth-order valence-electron chi connectivity index (χ4n) is 3.35. The molecule has 32 heavy (non-hydrogen) atoms. The summed E-state index contributed by atoms with van der Waals surface area (Å²) in [6.45, 7) is 1.58. The number of nitriles is 1. The number of imide groups is 1. The highest BCUT2D eigenvalue weighted by Gasteiger charge is 2.35. The maximum Gasteiger partial charge on any atom is 0.271 e. The van der Waals surface area contributed by atoms with Crippen LogP contribution in [-0.4, -0.2) is 21.7 Å². The first-order valence-electron chi connectivity index (χ1n) is 9.52. The first-order valence-corrected chi connectivity index (χ1v) is 10.3. The third-order valence-electron chi connectivity index (χ3n) is 5.00. The fraction of sp³-hybridized carbons (Fsp3) is 0.0833. The average Bonchev–Trinajstić information content (AvgIpc) is 3.24. The zero-order valence-electron chi connectivity index (χ0n) is 16.8. The maximum absolute atomic E-state index is 13.2. The molecule has 4 rings (SSSR count). The van der Waals surface area contributed by atoms with Crippen molar-refractivity contribution in [2.75, 3.05) is 0 Å². The summed E-state index contributed by atoms with van der Waals surface area (Å²) in [4.78, 5) is 31.0. The Morgan fingerprint density at radius 3 is 2.66 bits per heavy atom. The first-order chi connectivity index (χ1) is 15.4. The van der Waals surface area contributed by atoms with Gasteiger partial charge in [-0.25, -0.2) is 0 Å². The van der Waals surface area contributed by atoms with E-state index in [1.54, 1.807) is 61.8 Å². The summed E-state index contributed by atoms with van der Waals surface area (Å²) in [6, 6.07) is 13.8. The van der Waals surface area contributed by atoms with Crippen LogP contribution in [0.5, 0.6) is 0 Å². The van der Waals surface area contributed by atoms with Crippen molar-refractivity contribution in [1.82, 2.24) is 9.88 Å². The minimum atomic E-state index is -0.635. The van der Waals surface area contributed by atoms with Crippen LogP contribution in [0.4, 0.5) is 0 Å². The monoisotopic (exact) mass is 463 g/mol. The molecule has 1 aliphatic heterocycles. The lowest BCUT2D eigenvalue weighted by Crippen LogP contribution is -2.42. The minimum absolute atomic E-state index is 0.00505. The second-order valence-electron chi connectivity index (χ2n) is 7.05. The molecule has 8 heteroatoms. The zero-order chi connectivity index (χ0) is 22.8. The number of hydrogen-bond acceptors (Lipinski definition) is 5. The Hall–Kier alpha value is -3.66. The van der Waals surface area contributed by atoms with Crippen molar-refractivity contribution in [1.29, 1.82) is 5.26 Å². The van der Waals surface area contributed by atoms with E-state index in [0.717, 1.165) is 4.90 Å². The van der Waals surface area contributed by atoms with Crippen molar-refractivity contribution >= 4 is 41.1 Å². The number of hydrogen-bond donors (Lipinski definition) is 0. The molecule has 2 amide bonds. The lowest BCUT2D eigenvalue weighted by Gasteiger charge is -2.27. The highest BCUT2D eigenvalue weighted by atomic mass is 35.5. The number of aromatic nitrogens is 1. The molecular formula is C24H15Cl2N3O3. The van der Waals surface area contributed by atoms with E-state index in [0.29, 0.717) is 38.3 Å². The number of nitrogens with zero attached hydrogens (tertiary/aromatic N) is 3. The molecular weight excluding hydrogens is 449 g/mol. The molecule has 0 fully saturated rings. The molecule has 1 aromatic carbocycles. The molecule has 2 aromatic heterocycles. The number of furan rings is 1. The van der Waals surface area contributed by atoms with Gasteiger partial charge in [0.2, 0.25) is 0 Å². The van der Waals surface area contributed by atoms with Crippen LogP contribution in [0.3, 0.4) is 0 Å². The summed E-state index contributed by atoms with van der Waals surface area (Å²) in [6.07, 6.45) is 4.68. The second kappa shape index (κ2) is 8.83. The van der Waals surface area contributed by atoms with Crippen molar-refractivity contribution in [3.05, 3.63) is 92.9 Å². The molecule has 0 unspecified atom stereocenters. The van der Waals surface area contributed by atoms with Gasteiger partial charge in [0.05, 0.1) is 11.6 Å². The molecule has 0 radical (unpaired) electrons. The predicted octanol–water partition coefficient (Wildman–Crippen LogP) is 5.44. The van der Waals surface area contributed by atoms with E-state index in [2.05, 4.69) is 4.98 Å². The van der Waals surface area contributed by atoms with Gasteiger partial charge < -0.3 is 4.42 Å². The van der Waals surface area contributed by atoms with Gasteiger partial charge in [-0.3, -0.25) is 19.5 Å². The van der Waals surface area contributed by atoms with Gasteiger partial charge in [-0.05, 0) is 60.5 Å². The van der Waals surface area contributed by atoms with E-state index in [1.165, 1.54) is 6.08 Å². The van der Waals surface area contributed by atoms with Crippen LogP contribution in [0.1, 0.15) is 18.2 Å². The van der Waals surface area contributed by atoms with E-state index in [-0.39, 0.29) is 17.7 Å². The van der Waals surface area contributed by atoms with E-state index in [9.17, 15) is 14.9 Å². The summed E-state index contributed by atoms with van der Waals surface area (Å²) in [5, 5.41) is 10.5. The van der Waals surface area contributed by atoms with E-state index < -0.39 is 11.8 Å². The van der Waals surface area contributed by atoms with Gasteiger partial charge in [0.25, 0.3) is 11.8 Å². The molecule has 0 N–H and O–H groups in total. The van der Waals surface area contributed by atoms with Crippen molar-refractivity contribution in [3.8, 4) is 17.4 Å². The summed E-state index contributed by atoms with van der Waals surface area (Å²) >= 11 is 12.2. The molecule has 3 heterocycles. The SMILES string of the molecule is CC1=C(C#N)C(=O)N(Cc2cccnc2)C(=O)/C1=C/c1ccc(-c2ccc(Cl)cc2Cl)o1. The van der Waals surface area contributed by atoms with Crippen molar-refractivity contribution in [2.45, 2.75) is 13.5 Å². The second-order valence-corrected chi connectivity index (χ2v) is 7.90. The Labute approximate surface area is 194 Å². The van der Waals surface area contributed by atoms with Gasteiger partial charge in [0.1, 0.15) is 23.2 Å². The lowest BCUT2D eigenvalue weighted by molar-refractivity contribution is -0.141. The van der Waals surface area contributed by atoms with Gasteiger partial charge >= 0.3 is 0 Å². The van der Waals surface area contributed by atoms with Gasteiger partial charge in [-0.1, -0.05) is 29.3 Å². The van der Waals surface area contributed by atoms with Gasteiger partial charge in [-0.2, -0.15) is 5.26 Å². The molecule has 0 atom stereocenters. The van der Waals surface area contributed by atoms with Gasteiger partial charge in [-0.15, -0.1) is 0 Å². The Balaban J connectivity index is 1.72. The minimum Gasteiger partial charge on any atom is -0.457 e. The summed E-state index contributed by atoms with van der Waals surface area (Å²) in [5.41, 5.74) is 1.73. The number of carbonyl (C=O) groups excluding carboxylic acids is 2. The van der Waals surface area contributed by atoms with Crippen LogP contribution in [0, 0.1) is 11.3 Å². The summed E-state index contributed by atoms with van der Waals surface area (Å²) < 4.78 is 5.86. The van der Waals surface area contributed by atoms with E-state index in [1.807, 2.05) is 6.07 Å². The van der Waals surface area contributed by atoms with Crippen LogP contribution in [0.2, 0.25) is 10.0 Å². The van der Waals surface area contributed by atoms with Crippen LogP contribution >= 0.6 is 23.2 Å². The highest BCUT2D eigenvalue weighted by Crippen LogP contribution is 2.33. The number of halogens is 2. The summed E-state index contributed by atoms with van der Waals surface area (Å²) in [7, 11) is 0. The van der Waals surface area contributed by atoms with Crippen LogP contribution in [0.15, 0.2) is 76.0 Å². The van der Waals surface area contributed by atoms with Crippen molar-refractivity contribution in [3.63, 3.8) is 0 Å². The Morgan fingerprint density at radius 1 is 1.16 bits per heavy atom. The summed E-state index contributed by atoms with van der Waals surface area (Å²) in [5.74, 6) is -0.282. The standard InChI is InChI=1S/C24H15Cl2N3O3/c1-14-19(10-17-5-7-22(32-17)18-6-4-16(25)9-21(18)26)23(30)29(24(31)20(14)11-27)13-15-3-2-8-28-12-15/h2-10,12H,13H2,1H3/b19-10+. The smallest absolute Gasteiger partial charge is 0.271 e. The molecule has 6 nitrogen and oxygen atoms in total. The fourth-order valence-corrected chi connectivity index (χ4v) is 3.86. The number of benzene rings is 1. The van der Waals surface area contributed by atoms with Gasteiger partial charge in [0, 0.05) is 28.6 Å². The lowest BCUT2D eigenvalue weighted by atomic mass is 9.94. The van der Waals surface area contributed by atoms with Crippen LogP contribution in [-0.2, 0) is 16.1 Å². The average molecular weight is 464 g/mol. The topological polar surface area (TPSA) is 87.2 Å². The largest absolute Gasteiger partial charge is 0.457 e. The molecule has 0 saturated carbocycles. The molecule has 158 valence electrons. The van der Waals surface area contributed by atoms with Crippen molar-refractivity contribution in [2.24, 2.45) is 0 Å². The highest BCUT2D eigenvalue weighted by molar-refractivity contribution is 6.36. The molecule has 0 aliphatic carbocycles. The molecule has 3 aromatic rings. The van der Waals surface area contributed by atoms with Crippen LogP contribution in [0.25, 0.3) is 17.4 Å². The third kappa shape index (κ3) is 4.09. The predicted molar refractivity (Wildman–Crippen MR) is 120 cm³/mol. The number of amides is 2. The Bertz CT molecular complexity index is 1330. The molecule has 0 bridgehead atoms. The Morgan fingerprint density at radius 2 is 1.97 bits per heavy atom. The van der Waals surface area contributed by atoms with Crippen LogP contribution < -0.4 is 0 Å². The molecule has 1 aliphatic rings. The Kier molecular flexibility index (Phi) is 5.95. The first kappa shape index (κ1) is 21.6. The zero-order valence-corrected chi connectivity index (χ0v) is 18.3.